The van der Waals surface area contributed by atoms with E-state index < -0.39 is 11.9 Å². The second-order valence-electron chi connectivity index (χ2n) is 8.51. The third-order valence-electron chi connectivity index (χ3n) is 6.03. The van der Waals surface area contributed by atoms with Gasteiger partial charge in [0.25, 0.3) is 0 Å². The number of nitrogens with two attached hydrogens (primary N) is 1. The molecule has 2 heterocycles. The largest absolute Gasteiger partial charge is 0.478 e. The molecule has 5 N–H and O–H groups in total. The molecule has 0 bridgehead atoms. The molecule has 3 rings (SSSR count). The smallest absolute Gasteiger partial charge is 0.328 e. The van der Waals surface area contributed by atoms with E-state index in [0.717, 1.165) is 38.6 Å². The molecule has 0 saturated carbocycles. The van der Waals surface area contributed by atoms with Crippen molar-refractivity contribution in [1.82, 2.24) is 5.32 Å². The molecule has 5 atom stereocenters. The van der Waals surface area contributed by atoms with E-state index >= 15 is 0 Å². The van der Waals surface area contributed by atoms with Gasteiger partial charge >= 0.3 is 17.9 Å². The van der Waals surface area contributed by atoms with Gasteiger partial charge in [-0.2, -0.15) is 0 Å². The highest BCUT2D eigenvalue weighted by Gasteiger charge is 2.62. The van der Waals surface area contributed by atoms with Gasteiger partial charge in [0.1, 0.15) is 12.2 Å². The summed E-state index contributed by atoms with van der Waals surface area (Å²) in [4.78, 5) is 31.5. The lowest BCUT2D eigenvalue weighted by Crippen LogP contribution is -2.34. The molecular weight excluding hydrogens is 404 g/mol. The molecule has 0 aromatic heterocycles. The maximum Gasteiger partial charge on any atom is 0.328 e. The fourth-order valence-corrected chi connectivity index (χ4v) is 4.20. The lowest BCUT2D eigenvalue weighted by molar-refractivity contribution is -0.144. The highest BCUT2D eigenvalue weighted by molar-refractivity contribution is 5.89. The Morgan fingerprint density at radius 1 is 1.32 bits per heavy atom. The van der Waals surface area contributed by atoms with E-state index in [2.05, 4.69) is 25.2 Å². The lowest BCUT2D eigenvalue weighted by atomic mass is 9.80. The number of carboxylic acid groups (broad SMARTS) is 2. The third kappa shape index (κ3) is 7.45. The van der Waals surface area contributed by atoms with E-state index in [9.17, 15) is 14.4 Å². The molecule has 1 aliphatic carbocycles. The molecule has 0 spiro atoms. The van der Waals surface area contributed by atoms with Crippen LogP contribution in [0.2, 0.25) is 0 Å². The molecule has 0 amide bonds. The van der Waals surface area contributed by atoms with Crippen molar-refractivity contribution >= 4 is 17.9 Å². The van der Waals surface area contributed by atoms with Crippen molar-refractivity contribution < 1.29 is 34.1 Å². The number of carboxylic acids is 2. The fraction of sp³-hybridized carbons (Fsp3) is 0.682. The molecule has 0 unspecified atom stereocenters. The van der Waals surface area contributed by atoms with E-state index in [-0.39, 0.29) is 35.6 Å². The van der Waals surface area contributed by atoms with E-state index in [1.165, 1.54) is 5.57 Å². The van der Waals surface area contributed by atoms with E-state index in [1.807, 2.05) is 0 Å². The Hall–Kier alpha value is -2.23. The first kappa shape index (κ1) is 25.0. The third-order valence-corrected chi connectivity index (χ3v) is 6.03. The minimum Gasteiger partial charge on any atom is -0.478 e. The number of rotatable bonds is 7. The molecule has 31 heavy (non-hydrogen) atoms. The van der Waals surface area contributed by atoms with Crippen molar-refractivity contribution in [3.05, 3.63) is 23.8 Å². The van der Waals surface area contributed by atoms with Crippen molar-refractivity contribution in [2.24, 2.45) is 17.6 Å². The van der Waals surface area contributed by atoms with Crippen LogP contribution in [-0.2, 0) is 23.9 Å². The van der Waals surface area contributed by atoms with Gasteiger partial charge in [-0.15, -0.1) is 0 Å². The first-order chi connectivity index (χ1) is 14.7. The maximum absolute atomic E-state index is 12.4. The SMILES string of the molecule is CC1=CCC[C@@]2(C)O[C@H]2[C@H]2OC(=O)[C@@H](CNCCCN)[C@@H]2CC1.O=C(O)/C=C/C(=O)O. The van der Waals surface area contributed by atoms with Crippen molar-refractivity contribution in [3.63, 3.8) is 0 Å². The average molecular weight is 439 g/mol. The van der Waals surface area contributed by atoms with E-state index in [0.29, 0.717) is 25.2 Å². The summed E-state index contributed by atoms with van der Waals surface area (Å²) in [5, 5.41) is 19.0. The van der Waals surface area contributed by atoms with Gasteiger partial charge in [0.2, 0.25) is 0 Å². The number of nitrogens with one attached hydrogen (secondary N) is 1. The van der Waals surface area contributed by atoms with Gasteiger partial charge in [-0.25, -0.2) is 9.59 Å². The van der Waals surface area contributed by atoms with Gasteiger partial charge in [-0.1, -0.05) is 11.6 Å². The number of hydrogen-bond acceptors (Lipinski definition) is 7. The van der Waals surface area contributed by atoms with Gasteiger partial charge in [0, 0.05) is 24.6 Å². The van der Waals surface area contributed by atoms with Crippen molar-refractivity contribution in [1.29, 1.82) is 0 Å². The Morgan fingerprint density at radius 3 is 2.61 bits per heavy atom. The highest BCUT2D eigenvalue weighted by Crippen LogP contribution is 2.50. The summed E-state index contributed by atoms with van der Waals surface area (Å²) in [6.07, 6.45) is 8.49. The normalized spacial score (nSPS) is 32.1. The molecule has 0 aromatic rings. The first-order valence-electron chi connectivity index (χ1n) is 10.8. The summed E-state index contributed by atoms with van der Waals surface area (Å²) in [6.45, 7) is 6.56. The minimum absolute atomic E-state index is 0.0565. The molecule has 174 valence electrons. The van der Waals surface area contributed by atoms with Crippen LogP contribution in [0.3, 0.4) is 0 Å². The summed E-state index contributed by atoms with van der Waals surface area (Å²) in [7, 11) is 0. The number of allylic oxidation sites excluding steroid dienone is 2. The molecule has 0 aromatic carbocycles. The zero-order valence-corrected chi connectivity index (χ0v) is 18.2. The monoisotopic (exact) mass is 438 g/mol. The van der Waals surface area contributed by atoms with Crippen LogP contribution >= 0.6 is 0 Å². The van der Waals surface area contributed by atoms with E-state index in [1.54, 1.807) is 0 Å². The molecule has 3 aliphatic rings. The molecule has 2 aliphatic heterocycles. The van der Waals surface area contributed by atoms with Gasteiger partial charge in [0.05, 0.1) is 11.5 Å². The van der Waals surface area contributed by atoms with Crippen LogP contribution in [0.15, 0.2) is 23.8 Å². The number of ether oxygens (including phenoxy) is 2. The number of carbonyl (C=O) groups is 3. The van der Waals surface area contributed by atoms with Crippen LogP contribution < -0.4 is 11.1 Å². The number of esters is 1. The number of epoxide rings is 1. The summed E-state index contributed by atoms with van der Waals surface area (Å²) in [5.41, 5.74) is 6.83. The van der Waals surface area contributed by atoms with Gasteiger partial charge in [-0.05, 0) is 59.0 Å². The molecular formula is C22H34N2O7. The summed E-state index contributed by atoms with van der Waals surface area (Å²) >= 11 is 0. The Labute approximate surface area is 182 Å². The topological polar surface area (TPSA) is 151 Å². The summed E-state index contributed by atoms with van der Waals surface area (Å²) < 4.78 is 11.8. The Balaban J connectivity index is 0.000000366. The zero-order valence-electron chi connectivity index (χ0n) is 18.2. The Kier molecular flexibility index (Phi) is 9.21. The molecule has 9 nitrogen and oxygen atoms in total. The van der Waals surface area contributed by atoms with Crippen LogP contribution in [-0.4, -0.2) is 65.6 Å². The van der Waals surface area contributed by atoms with Crippen molar-refractivity contribution in [2.45, 2.75) is 63.8 Å². The molecule has 2 fully saturated rings. The predicted octanol–water partition coefficient (Wildman–Crippen LogP) is 1.47. The van der Waals surface area contributed by atoms with Gasteiger partial charge in [0.15, 0.2) is 0 Å². The summed E-state index contributed by atoms with van der Waals surface area (Å²) in [6, 6.07) is 0. The van der Waals surface area contributed by atoms with Crippen molar-refractivity contribution in [2.75, 3.05) is 19.6 Å². The second-order valence-corrected chi connectivity index (χ2v) is 8.51. The summed E-state index contributed by atoms with van der Waals surface area (Å²) in [5.74, 6) is -2.38. The van der Waals surface area contributed by atoms with Crippen LogP contribution in [0.1, 0.15) is 46.0 Å². The van der Waals surface area contributed by atoms with Crippen LogP contribution in [0.25, 0.3) is 0 Å². The lowest BCUT2D eigenvalue weighted by Gasteiger charge is -2.22. The second kappa shape index (κ2) is 11.4. The van der Waals surface area contributed by atoms with E-state index in [4.69, 9.17) is 25.4 Å². The van der Waals surface area contributed by atoms with Crippen LogP contribution in [0.5, 0.6) is 0 Å². The fourth-order valence-electron chi connectivity index (χ4n) is 4.20. The molecule has 9 heteroatoms. The molecule has 0 radical (unpaired) electrons. The van der Waals surface area contributed by atoms with Crippen LogP contribution in [0, 0.1) is 11.8 Å². The van der Waals surface area contributed by atoms with Gasteiger partial charge in [-0.3, -0.25) is 4.79 Å². The van der Waals surface area contributed by atoms with Crippen molar-refractivity contribution in [3.8, 4) is 0 Å². The number of hydrogen-bond donors (Lipinski definition) is 4. The molecule has 2 saturated heterocycles. The first-order valence-corrected chi connectivity index (χ1v) is 10.8. The minimum atomic E-state index is -1.26. The number of fused-ring (bicyclic) bond motifs is 3. The maximum atomic E-state index is 12.4. The zero-order chi connectivity index (χ0) is 23.0. The van der Waals surface area contributed by atoms with Gasteiger partial charge < -0.3 is 30.7 Å². The standard InChI is InChI=1S/C18H30N2O3.C4H4O4/c1-12-5-3-8-18(2)16(23-18)15-13(7-6-12)14(17(21)22-15)11-20-10-4-9-19;5-3(6)1-2-4(7)8/h5,13-16,20H,3-4,6-11,19H2,1-2H3;1-2H,(H,5,6)(H,7,8)/b;2-1+/t13-,14-,15-,16-,18+;/m0./s1. The predicted molar refractivity (Wildman–Crippen MR) is 113 cm³/mol. The van der Waals surface area contributed by atoms with Crippen LogP contribution in [0.4, 0.5) is 0 Å². The average Bonchev–Trinajstić information content (AvgIpc) is 3.27. The highest BCUT2D eigenvalue weighted by atomic mass is 16.6. The Bertz CT molecular complexity index is 705. The Morgan fingerprint density at radius 2 is 2.00 bits per heavy atom. The quantitative estimate of drug-likeness (QED) is 0.152. The number of carbonyl (C=O) groups excluding carboxylic acids is 1. The number of aliphatic carboxylic acids is 2.